The van der Waals surface area contributed by atoms with Crippen LogP contribution >= 0.6 is 0 Å². The van der Waals surface area contributed by atoms with E-state index in [0.29, 0.717) is 34.5 Å². The Morgan fingerprint density at radius 3 is 2.41 bits per heavy atom. The number of aromatic nitrogens is 2. The van der Waals surface area contributed by atoms with Crippen LogP contribution in [0.3, 0.4) is 0 Å². The summed E-state index contributed by atoms with van der Waals surface area (Å²) in [4.78, 5) is 29.0. The lowest BCUT2D eigenvalue weighted by Gasteiger charge is -2.27. The van der Waals surface area contributed by atoms with E-state index < -0.39 is 0 Å². The van der Waals surface area contributed by atoms with Crippen molar-refractivity contribution in [2.45, 2.75) is 18.9 Å². The number of carbonyl (C=O) groups excluding carboxylic acids is 1. The standard InChI is InChI=1S/C27H25N3O4/c1-33-19-14-15-22(24(17-19)34-2)23-13-8-16-29(23)27(32)25-20-11-6-7-12-21(20)26(31)30(28-25)18-9-4-3-5-10-18/h3-7,9-12,14-15,17,23H,8,13,16H2,1-2H3/t23-/m0/s1. The molecule has 0 saturated carbocycles. The van der Waals surface area contributed by atoms with Crippen LogP contribution in [0.5, 0.6) is 11.5 Å². The van der Waals surface area contributed by atoms with Crippen molar-refractivity contribution in [3.05, 3.63) is 94.4 Å². The number of methoxy groups -OCH3 is 2. The largest absolute Gasteiger partial charge is 0.497 e. The molecule has 7 nitrogen and oxygen atoms in total. The zero-order chi connectivity index (χ0) is 23.7. The highest BCUT2D eigenvalue weighted by Gasteiger charge is 2.34. The number of hydrogen-bond acceptors (Lipinski definition) is 5. The lowest BCUT2D eigenvalue weighted by molar-refractivity contribution is 0.0728. The quantitative estimate of drug-likeness (QED) is 0.447. The Morgan fingerprint density at radius 1 is 0.941 bits per heavy atom. The van der Waals surface area contributed by atoms with Crippen molar-refractivity contribution in [2.24, 2.45) is 0 Å². The van der Waals surface area contributed by atoms with Crippen molar-refractivity contribution in [1.29, 1.82) is 0 Å². The minimum atomic E-state index is -0.256. The number of hydrogen-bond donors (Lipinski definition) is 0. The Kier molecular flexibility index (Phi) is 5.76. The molecule has 5 rings (SSSR count). The van der Waals surface area contributed by atoms with Gasteiger partial charge >= 0.3 is 0 Å². The monoisotopic (exact) mass is 455 g/mol. The number of likely N-dealkylation sites (tertiary alicyclic amines) is 1. The van der Waals surface area contributed by atoms with Gasteiger partial charge in [0.1, 0.15) is 11.5 Å². The Bertz CT molecular complexity index is 1410. The Hall–Kier alpha value is -4.13. The minimum absolute atomic E-state index is 0.161. The van der Waals surface area contributed by atoms with Gasteiger partial charge in [0, 0.05) is 23.6 Å². The van der Waals surface area contributed by atoms with E-state index >= 15 is 0 Å². The number of nitrogens with zero attached hydrogens (tertiary/aromatic N) is 3. The maximum atomic E-state index is 13.9. The molecule has 1 aliphatic rings. The summed E-state index contributed by atoms with van der Waals surface area (Å²) in [6.45, 7) is 0.596. The third kappa shape index (κ3) is 3.69. The SMILES string of the molecule is COc1ccc([C@@H]2CCCN2C(=O)c2nn(-c3ccccc3)c(=O)c3ccccc23)c(OC)c1. The molecular formula is C27H25N3O4. The van der Waals surface area contributed by atoms with Crippen LogP contribution in [0, 0.1) is 0 Å². The van der Waals surface area contributed by atoms with Gasteiger partial charge in [0.15, 0.2) is 5.69 Å². The van der Waals surface area contributed by atoms with Crippen LogP contribution in [0.4, 0.5) is 0 Å². The van der Waals surface area contributed by atoms with Crippen LogP contribution in [-0.4, -0.2) is 41.4 Å². The predicted molar refractivity (Wildman–Crippen MR) is 130 cm³/mol. The molecule has 172 valence electrons. The molecule has 0 aliphatic carbocycles. The molecule has 1 aliphatic heterocycles. The third-order valence-electron chi connectivity index (χ3n) is 6.32. The van der Waals surface area contributed by atoms with Gasteiger partial charge in [-0.15, -0.1) is 0 Å². The molecule has 0 radical (unpaired) electrons. The number of ether oxygens (including phenoxy) is 2. The molecule has 1 aromatic heterocycles. The normalized spacial score (nSPS) is 15.5. The van der Waals surface area contributed by atoms with Crippen LogP contribution in [0.1, 0.15) is 34.9 Å². The highest BCUT2D eigenvalue weighted by Crippen LogP contribution is 2.39. The topological polar surface area (TPSA) is 73.7 Å². The molecule has 0 N–H and O–H groups in total. The highest BCUT2D eigenvalue weighted by molar-refractivity contribution is 6.05. The zero-order valence-corrected chi connectivity index (χ0v) is 19.1. The Morgan fingerprint density at radius 2 is 1.68 bits per heavy atom. The van der Waals surface area contributed by atoms with E-state index in [1.807, 2.05) is 47.4 Å². The first-order chi connectivity index (χ1) is 16.6. The first-order valence-electron chi connectivity index (χ1n) is 11.2. The third-order valence-corrected chi connectivity index (χ3v) is 6.32. The molecular weight excluding hydrogens is 430 g/mol. The minimum Gasteiger partial charge on any atom is -0.497 e. The summed E-state index contributed by atoms with van der Waals surface area (Å²) in [6, 6.07) is 21.8. The van der Waals surface area contributed by atoms with Gasteiger partial charge in [0.25, 0.3) is 11.5 Å². The second kappa shape index (κ2) is 9.02. The van der Waals surface area contributed by atoms with Gasteiger partial charge in [-0.2, -0.15) is 9.78 Å². The van der Waals surface area contributed by atoms with Crippen LogP contribution in [-0.2, 0) is 0 Å². The number of fused-ring (bicyclic) bond motifs is 1. The summed E-state index contributed by atoms with van der Waals surface area (Å²) in [5.41, 5.74) is 1.54. The summed E-state index contributed by atoms with van der Waals surface area (Å²) in [5.74, 6) is 1.16. The molecule has 34 heavy (non-hydrogen) atoms. The van der Waals surface area contributed by atoms with Crippen LogP contribution in [0.15, 0.2) is 77.6 Å². The second-order valence-electron chi connectivity index (χ2n) is 8.21. The summed E-state index contributed by atoms with van der Waals surface area (Å²) < 4.78 is 12.3. The van der Waals surface area contributed by atoms with Gasteiger partial charge in [-0.3, -0.25) is 9.59 Å². The predicted octanol–water partition coefficient (Wildman–Crippen LogP) is 4.38. The van der Waals surface area contributed by atoms with Crippen LogP contribution < -0.4 is 15.0 Å². The number of amides is 1. The van der Waals surface area contributed by atoms with Crippen molar-refractivity contribution in [3.8, 4) is 17.2 Å². The van der Waals surface area contributed by atoms with Gasteiger partial charge in [-0.05, 0) is 43.2 Å². The fourth-order valence-electron chi connectivity index (χ4n) is 4.65. The zero-order valence-electron chi connectivity index (χ0n) is 19.1. The second-order valence-corrected chi connectivity index (χ2v) is 8.21. The number of rotatable bonds is 5. The molecule has 7 heteroatoms. The molecule has 4 aromatic rings. The summed E-state index contributed by atoms with van der Waals surface area (Å²) >= 11 is 0. The van der Waals surface area contributed by atoms with Gasteiger partial charge in [-0.1, -0.05) is 36.4 Å². The van der Waals surface area contributed by atoms with Crippen molar-refractivity contribution in [2.75, 3.05) is 20.8 Å². The van der Waals surface area contributed by atoms with Crippen molar-refractivity contribution in [1.82, 2.24) is 14.7 Å². The molecule has 1 amide bonds. The number of benzene rings is 3. The molecule has 0 bridgehead atoms. The first kappa shape index (κ1) is 21.7. The molecule has 1 fully saturated rings. The van der Waals surface area contributed by atoms with E-state index in [-0.39, 0.29) is 23.2 Å². The van der Waals surface area contributed by atoms with Crippen molar-refractivity contribution in [3.63, 3.8) is 0 Å². The van der Waals surface area contributed by atoms with Crippen LogP contribution in [0.25, 0.3) is 16.5 Å². The van der Waals surface area contributed by atoms with E-state index in [2.05, 4.69) is 5.10 Å². The lowest BCUT2D eigenvalue weighted by atomic mass is 10.0. The van der Waals surface area contributed by atoms with Crippen LogP contribution in [0.2, 0.25) is 0 Å². The molecule has 0 spiro atoms. The Balaban J connectivity index is 1.62. The molecule has 0 unspecified atom stereocenters. The molecule has 1 saturated heterocycles. The fourth-order valence-corrected chi connectivity index (χ4v) is 4.65. The van der Waals surface area contributed by atoms with E-state index in [9.17, 15) is 9.59 Å². The Labute approximate surface area is 197 Å². The maximum absolute atomic E-state index is 13.9. The maximum Gasteiger partial charge on any atom is 0.279 e. The average Bonchev–Trinajstić information content (AvgIpc) is 3.38. The average molecular weight is 456 g/mol. The number of carbonyl (C=O) groups is 1. The van der Waals surface area contributed by atoms with Crippen molar-refractivity contribution >= 4 is 16.7 Å². The highest BCUT2D eigenvalue weighted by atomic mass is 16.5. The van der Waals surface area contributed by atoms with Gasteiger partial charge < -0.3 is 14.4 Å². The van der Waals surface area contributed by atoms with E-state index in [4.69, 9.17) is 9.47 Å². The molecule has 2 heterocycles. The van der Waals surface area contributed by atoms with Crippen molar-refractivity contribution < 1.29 is 14.3 Å². The first-order valence-corrected chi connectivity index (χ1v) is 11.2. The number of para-hydroxylation sites is 1. The summed E-state index contributed by atoms with van der Waals surface area (Å²) in [5, 5.41) is 5.59. The van der Waals surface area contributed by atoms with Gasteiger partial charge in [0.05, 0.1) is 31.3 Å². The van der Waals surface area contributed by atoms with Gasteiger partial charge in [0.2, 0.25) is 0 Å². The van der Waals surface area contributed by atoms with E-state index in [1.165, 1.54) is 4.68 Å². The van der Waals surface area contributed by atoms with Gasteiger partial charge in [-0.25, -0.2) is 0 Å². The molecule has 3 aromatic carbocycles. The fraction of sp³-hybridized carbons (Fsp3) is 0.222. The summed E-state index contributed by atoms with van der Waals surface area (Å²) in [6.07, 6.45) is 1.67. The lowest BCUT2D eigenvalue weighted by Crippen LogP contribution is -2.34. The van der Waals surface area contributed by atoms with E-state index in [1.54, 1.807) is 44.6 Å². The van der Waals surface area contributed by atoms with E-state index in [0.717, 1.165) is 18.4 Å². The smallest absolute Gasteiger partial charge is 0.279 e. The summed E-state index contributed by atoms with van der Waals surface area (Å²) in [7, 11) is 3.22. The molecule has 1 atom stereocenters.